The molecule has 19 heavy (non-hydrogen) atoms. The number of nitrogens with one attached hydrogen (secondary N) is 1. The van der Waals surface area contributed by atoms with Gasteiger partial charge in [0.05, 0.1) is 0 Å². The Bertz CT molecular complexity index is 874. The molecule has 0 amide bonds. The Kier molecular flexibility index (Phi) is 2.78. The van der Waals surface area contributed by atoms with Gasteiger partial charge >= 0.3 is 0 Å². The Morgan fingerprint density at radius 3 is 3.00 bits per heavy atom. The molecule has 0 aliphatic rings. The molecule has 0 aliphatic carbocycles. The van der Waals surface area contributed by atoms with Crippen molar-refractivity contribution < 1.29 is 4.42 Å². The highest BCUT2D eigenvalue weighted by molar-refractivity contribution is 9.10. The van der Waals surface area contributed by atoms with Crippen molar-refractivity contribution in [2.24, 2.45) is 0 Å². The molecule has 3 rings (SSSR count). The first-order chi connectivity index (χ1) is 9.10. The summed E-state index contributed by atoms with van der Waals surface area (Å²) in [5.74, 6) is 0.572. The van der Waals surface area contributed by atoms with E-state index in [0.717, 1.165) is 15.4 Å². The molecular formula is C14H11BrN2O2. The van der Waals surface area contributed by atoms with Crippen LogP contribution in [0.5, 0.6) is 0 Å². The van der Waals surface area contributed by atoms with Crippen LogP contribution in [0.4, 0.5) is 0 Å². The van der Waals surface area contributed by atoms with Gasteiger partial charge in [0.15, 0.2) is 0 Å². The SMILES string of the molecule is C/C=C(\C)c1nc2c(oc3ccc(Br)cc32)c(=O)[nH]1. The Balaban J connectivity index is 2.48. The smallest absolute Gasteiger partial charge is 0.294 e. The minimum absolute atomic E-state index is 0.256. The normalized spacial score (nSPS) is 12.5. The van der Waals surface area contributed by atoms with Crippen LogP contribution in [-0.2, 0) is 0 Å². The molecule has 3 aromatic rings. The molecule has 0 saturated heterocycles. The molecule has 0 fully saturated rings. The molecule has 4 nitrogen and oxygen atoms in total. The fourth-order valence-electron chi connectivity index (χ4n) is 1.95. The first-order valence-corrected chi connectivity index (χ1v) is 6.65. The second kappa shape index (κ2) is 4.35. The van der Waals surface area contributed by atoms with Crippen LogP contribution in [-0.4, -0.2) is 9.97 Å². The average Bonchev–Trinajstić information content (AvgIpc) is 2.76. The van der Waals surface area contributed by atoms with Crippen LogP contribution >= 0.6 is 15.9 Å². The van der Waals surface area contributed by atoms with Crippen molar-refractivity contribution in [3.8, 4) is 0 Å². The summed E-state index contributed by atoms with van der Waals surface area (Å²) in [6.45, 7) is 3.81. The third-order valence-corrected chi connectivity index (χ3v) is 3.59. The molecule has 0 spiro atoms. The number of nitrogens with zero attached hydrogens (tertiary/aromatic N) is 1. The van der Waals surface area contributed by atoms with Gasteiger partial charge in [0.25, 0.3) is 5.56 Å². The Labute approximate surface area is 117 Å². The molecule has 0 bridgehead atoms. The maximum absolute atomic E-state index is 12.0. The number of furan rings is 1. The zero-order chi connectivity index (χ0) is 13.6. The fraction of sp³-hybridized carbons (Fsp3) is 0.143. The monoisotopic (exact) mass is 318 g/mol. The van der Waals surface area contributed by atoms with Crippen molar-refractivity contribution in [3.05, 3.63) is 44.9 Å². The third-order valence-electron chi connectivity index (χ3n) is 3.09. The molecule has 2 heterocycles. The number of aromatic nitrogens is 2. The summed E-state index contributed by atoms with van der Waals surface area (Å²) in [5.41, 5.74) is 2.18. The van der Waals surface area contributed by atoms with Gasteiger partial charge < -0.3 is 9.40 Å². The van der Waals surface area contributed by atoms with Gasteiger partial charge in [0.1, 0.15) is 16.9 Å². The number of benzene rings is 1. The molecule has 0 atom stereocenters. The topological polar surface area (TPSA) is 58.9 Å². The second-order valence-corrected chi connectivity index (χ2v) is 5.22. The highest BCUT2D eigenvalue weighted by Crippen LogP contribution is 2.28. The molecule has 2 aromatic heterocycles. The number of fused-ring (bicyclic) bond motifs is 3. The predicted molar refractivity (Wildman–Crippen MR) is 79.2 cm³/mol. The summed E-state index contributed by atoms with van der Waals surface area (Å²) in [6.07, 6.45) is 1.91. The highest BCUT2D eigenvalue weighted by Gasteiger charge is 2.13. The van der Waals surface area contributed by atoms with E-state index in [1.807, 2.05) is 38.1 Å². The lowest BCUT2D eigenvalue weighted by Gasteiger charge is -1.99. The van der Waals surface area contributed by atoms with Gasteiger partial charge in [0.2, 0.25) is 5.58 Å². The van der Waals surface area contributed by atoms with Gasteiger partial charge in [-0.15, -0.1) is 0 Å². The van der Waals surface area contributed by atoms with Crippen LogP contribution in [0.2, 0.25) is 0 Å². The number of rotatable bonds is 1. The minimum Gasteiger partial charge on any atom is -0.449 e. The Hall–Kier alpha value is -1.88. The van der Waals surface area contributed by atoms with E-state index in [4.69, 9.17) is 4.42 Å². The van der Waals surface area contributed by atoms with Crippen LogP contribution in [0, 0.1) is 0 Å². The van der Waals surface area contributed by atoms with E-state index < -0.39 is 0 Å². The summed E-state index contributed by atoms with van der Waals surface area (Å²) in [4.78, 5) is 19.3. The number of hydrogen-bond donors (Lipinski definition) is 1. The Morgan fingerprint density at radius 2 is 2.26 bits per heavy atom. The quantitative estimate of drug-likeness (QED) is 0.741. The molecule has 0 saturated carbocycles. The molecule has 0 aliphatic heterocycles. The van der Waals surface area contributed by atoms with Crippen LogP contribution < -0.4 is 5.56 Å². The van der Waals surface area contributed by atoms with Gasteiger partial charge in [0, 0.05) is 9.86 Å². The van der Waals surface area contributed by atoms with Crippen LogP contribution in [0.25, 0.3) is 27.6 Å². The first kappa shape index (κ1) is 12.2. The van der Waals surface area contributed by atoms with Crippen LogP contribution in [0.3, 0.4) is 0 Å². The zero-order valence-electron chi connectivity index (χ0n) is 10.5. The molecule has 0 unspecified atom stereocenters. The standard InChI is InChI=1S/C14H11BrN2O2/c1-3-7(2)13-16-11-9-6-8(15)4-5-10(9)19-12(11)14(18)17-13/h3-6H,1-2H3,(H,16,17,18)/b7-3+. The predicted octanol–water partition coefficient (Wildman–Crippen LogP) is 3.86. The fourth-order valence-corrected chi connectivity index (χ4v) is 2.31. The van der Waals surface area contributed by atoms with Crippen LogP contribution in [0.15, 0.2) is 38.0 Å². The van der Waals surface area contributed by atoms with Crippen molar-refractivity contribution in [1.82, 2.24) is 9.97 Å². The number of hydrogen-bond acceptors (Lipinski definition) is 3. The van der Waals surface area contributed by atoms with E-state index in [9.17, 15) is 4.79 Å². The lowest BCUT2D eigenvalue weighted by Crippen LogP contribution is -2.09. The third kappa shape index (κ3) is 1.90. The van der Waals surface area contributed by atoms with E-state index in [0.29, 0.717) is 16.9 Å². The molecule has 0 radical (unpaired) electrons. The zero-order valence-corrected chi connectivity index (χ0v) is 12.0. The largest absolute Gasteiger partial charge is 0.449 e. The molecule has 1 aromatic carbocycles. The van der Waals surface area contributed by atoms with Gasteiger partial charge in [-0.25, -0.2) is 4.98 Å². The average molecular weight is 319 g/mol. The highest BCUT2D eigenvalue weighted by atomic mass is 79.9. The van der Waals surface area contributed by atoms with Crippen molar-refractivity contribution in [1.29, 1.82) is 0 Å². The molecular weight excluding hydrogens is 308 g/mol. The van der Waals surface area contributed by atoms with Crippen LogP contribution in [0.1, 0.15) is 19.7 Å². The molecule has 96 valence electrons. The van der Waals surface area contributed by atoms with E-state index in [-0.39, 0.29) is 11.1 Å². The van der Waals surface area contributed by atoms with Crippen molar-refractivity contribution >= 4 is 43.6 Å². The first-order valence-electron chi connectivity index (χ1n) is 5.85. The minimum atomic E-state index is -0.256. The molecule has 5 heteroatoms. The van der Waals surface area contributed by atoms with Gasteiger partial charge in [-0.3, -0.25) is 4.79 Å². The maximum atomic E-state index is 12.0. The summed E-state index contributed by atoms with van der Waals surface area (Å²) in [7, 11) is 0. The molecule has 1 N–H and O–H groups in total. The van der Waals surface area contributed by atoms with Gasteiger partial charge in [-0.05, 0) is 37.6 Å². The van der Waals surface area contributed by atoms with Gasteiger partial charge in [-0.2, -0.15) is 0 Å². The summed E-state index contributed by atoms with van der Waals surface area (Å²) < 4.78 is 6.49. The lowest BCUT2D eigenvalue weighted by molar-refractivity contribution is 0.660. The maximum Gasteiger partial charge on any atom is 0.294 e. The van der Waals surface area contributed by atoms with E-state index in [1.54, 1.807) is 0 Å². The van der Waals surface area contributed by atoms with Crippen molar-refractivity contribution in [2.45, 2.75) is 13.8 Å². The summed E-state index contributed by atoms with van der Waals surface area (Å²) in [6, 6.07) is 5.60. The second-order valence-electron chi connectivity index (χ2n) is 4.31. The number of allylic oxidation sites excluding steroid dienone is 2. The van der Waals surface area contributed by atoms with Crippen molar-refractivity contribution in [3.63, 3.8) is 0 Å². The van der Waals surface area contributed by atoms with Crippen molar-refractivity contribution in [2.75, 3.05) is 0 Å². The number of aromatic amines is 1. The van der Waals surface area contributed by atoms with E-state index in [1.165, 1.54) is 0 Å². The Morgan fingerprint density at radius 1 is 1.47 bits per heavy atom. The summed E-state index contributed by atoms with van der Waals surface area (Å²) in [5, 5.41) is 0.834. The van der Waals surface area contributed by atoms with E-state index in [2.05, 4.69) is 25.9 Å². The van der Waals surface area contributed by atoms with Gasteiger partial charge in [-0.1, -0.05) is 22.0 Å². The number of halogens is 1. The number of H-pyrrole nitrogens is 1. The van der Waals surface area contributed by atoms with E-state index >= 15 is 0 Å². The lowest BCUT2D eigenvalue weighted by atomic mass is 10.2. The summed E-state index contributed by atoms with van der Waals surface area (Å²) >= 11 is 3.42.